The van der Waals surface area contributed by atoms with Crippen LogP contribution in [-0.4, -0.2) is 11.5 Å². The fraction of sp³-hybridized carbons (Fsp3) is 0.500. The van der Waals surface area contributed by atoms with Crippen LogP contribution in [0.1, 0.15) is 25.1 Å². The van der Waals surface area contributed by atoms with Crippen molar-refractivity contribution in [1.82, 2.24) is 4.98 Å². The Labute approximate surface area is 78.2 Å². The van der Waals surface area contributed by atoms with Crippen LogP contribution in [0.3, 0.4) is 0 Å². The van der Waals surface area contributed by atoms with E-state index in [1.165, 1.54) is 0 Å². The van der Waals surface area contributed by atoms with Crippen molar-refractivity contribution in [2.45, 2.75) is 27.2 Å². The number of nitrogens with one attached hydrogen (secondary N) is 2. The predicted molar refractivity (Wildman–Crippen MR) is 55.3 cm³/mol. The van der Waals surface area contributed by atoms with Crippen LogP contribution in [0.15, 0.2) is 10.9 Å². The topological polar surface area (TPSA) is 44.9 Å². The van der Waals surface area contributed by atoms with Gasteiger partial charge in [-0.25, -0.2) is 0 Å². The zero-order chi connectivity index (χ0) is 9.84. The van der Waals surface area contributed by atoms with Crippen molar-refractivity contribution in [3.05, 3.63) is 27.7 Å². The quantitative estimate of drug-likeness (QED) is 0.743. The SMILES string of the molecule is CCNc1cc(C)[nH]c(=O)c1CC. The number of aryl methyl sites for hydroxylation is 1. The lowest BCUT2D eigenvalue weighted by molar-refractivity contribution is 1.02. The summed E-state index contributed by atoms with van der Waals surface area (Å²) in [6.45, 7) is 6.74. The molecule has 13 heavy (non-hydrogen) atoms. The van der Waals surface area contributed by atoms with Gasteiger partial charge in [-0.15, -0.1) is 0 Å². The molecule has 0 spiro atoms. The number of hydrogen-bond acceptors (Lipinski definition) is 2. The predicted octanol–water partition coefficient (Wildman–Crippen LogP) is 1.68. The Morgan fingerprint density at radius 3 is 2.69 bits per heavy atom. The maximum atomic E-state index is 11.5. The lowest BCUT2D eigenvalue weighted by Gasteiger charge is -2.08. The van der Waals surface area contributed by atoms with Gasteiger partial charge in [0.1, 0.15) is 0 Å². The molecule has 1 heterocycles. The van der Waals surface area contributed by atoms with Gasteiger partial charge in [-0.1, -0.05) is 6.92 Å². The molecule has 0 aromatic carbocycles. The van der Waals surface area contributed by atoms with E-state index in [1.54, 1.807) is 0 Å². The number of H-pyrrole nitrogens is 1. The Morgan fingerprint density at radius 2 is 2.15 bits per heavy atom. The Hall–Kier alpha value is -1.25. The molecule has 1 rings (SSSR count). The smallest absolute Gasteiger partial charge is 0.253 e. The first-order valence-electron chi connectivity index (χ1n) is 4.65. The van der Waals surface area contributed by atoms with Gasteiger partial charge in [-0.05, 0) is 26.3 Å². The molecule has 0 aliphatic carbocycles. The highest BCUT2D eigenvalue weighted by Gasteiger charge is 2.04. The highest BCUT2D eigenvalue weighted by molar-refractivity contribution is 5.50. The maximum Gasteiger partial charge on any atom is 0.253 e. The summed E-state index contributed by atoms with van der Waals surface area (Å²) >= 11 is 0. The molecule has 1 aromatic heterocycles. The molecule has 0 aliphatic rings. The molecule has 0 atom stereocenters. The number of aromatic nitrogens is 1. The summed E-state index contributed by atoms with van der Waals surface area (Å²) < 4.78 is 0. The molecule has 0 aliphatic heterocycles. The first-order chi connectivity index (χ1) is 6.19. The highest BCUT2D eigenvalue weighted by atomic mass is 16.1. The lowest BCUT2D eigenvalue weighted by atomic mass is 10.1. The van der Waals surface area contributed by atoms with Crippen LogP contribution in [0.25, 0.3) is 0 Å². The third-order valence-corrected chi connectivity index (χ3v) is 1.99. The van der Waals surface area contributed by atoms with E-state index >= 15 is 0 Å². The monoisotopic (exact) mass is 180 g/mol. The van der Waals surface area contributed by atoms with Gasteiger partial charge in [-0.3, -0.25) is 4.79 Å². The van der Waals surface area contributed by atoms with E-state index in [2.05, 4.69) is 10.3 Å². The molecule has 0 amide bonds. The number of anilines is 1. The number of pyridine rings is 1. The maximum absolute atomic E-state index is 11.5. The van der Waals surface area contributed by atoms with Crippen molar-refractivity contribution >= 4 is 5.69 Å². The van der Waals surface area contributed by atoms with Crippen LogP contribution in [0.4, 0.5) is 5.69 Å². The third-order valence-electron chi connectivity index (χ3n) is 1.99. The van der Waals surface area contributed by atoms with Crippen LogP contribution in [0.5, 0.6) is 0 Å². The first-order valence-corrected chi connectivity index (χ1v) is 4.65. The van der Waals surface area contributed by atoms with Crippen molar-refractivity contribution in [2.75, 3.05) is 11.9 Å². The molecule has 3 heteroatoms. The van der Waals surface area contributed by atoms with Crippen molar-refractivity contribution in [3.63, 3.8) is 0 Å². The molecule has 2 N–H and O–H groups in total. The first kappa shape index (κ1) is 9.84. The highest BCUT2D eigenvalue weighted by Crippen LogP contribution is 2.11. The van der Waals surface area contributed by atoms with E-state index in [0.717, 1.165) is 29.9 Å². The Kier molecular flexibility index (Phi) is 3.12. The minimum atomic E-state index is 0.0263. The minimum Gasteiger partial charge on any atom is -0.385 e. The van der Waals surface area contributed by atoms with Crippen LogP contribution in [-0.2, 0) is 6.42 Å². The average molecular weight is 180 g/mol. The molecular formula is C10H16N2O. The largest absolute Gasteiger partial charge is 0.385 e. The van der Waals surface area contributed by atoms with Crippen molar-refractivity contribution < 1.29 is 0 Å². The van der Waals surface area contributed by atoms with E-state index in [1.807, 2.05) is 26.8 Å². The minimum absolute atomic E-state index is 0.0263. The summed E-state index contributed by atoms with van der Waals surface area (Å²) in [6.07, 6.45) is 0.762. The average Bonchev–Trinajstić information content (AvgIpc) is 2.04. The van der Waals surface area contributed by atoms with Crippen molar-refractivity contribution in [1.29, 1.82) is 0 Å². The summed E-state index contributed by atoms with van der Waals surface area (Å²) in [5, 5.41) is 3.19. The summed E-state index contributed by atoms with van der Waals surface area (Å²) in [6, 6.07) is 1.98. The second-order valence-electron chi connectivity index (χ2n) is 3.06. The van der Waals surface area contributed by atoms with Gasteiger partial charge in [0, 0.05) is 23.5 Å². The molecule has 0 radical (unpaired) electrons. The van der Waals surface area contributed by atoms with Crippen LogP contribution >= 0.6 is 0 Å². The van der Waals surface area contributed by atoms with E-state index in [9.17, 15) is 4.79 Å². The molecule has 0 fully saturated rings. The molecular weight excluding hydrogens is 164 g/mol. The third kappa shape index (κ3) is 2.11. The number of rotatable bonds is 3. The fourth-order valence-electron chi connectivity index (χ4n) is 1.42. The van der Waals surface area contributed by atoms with E-state index < -0.39 is 0 Å². The number of aromatic amines is 1. The Morgan fingerprint density at radius 1 is 1.46 bits per heavy atom. The normalized spacial score (nSPS) is 10.1. The Balaban J connectivity index is 3.21. The van der Waals surface area contributed by atoms with Gasteiger partial charge in [0.2, 0.25) is 0 Å². The summed E-state index contributed by atoms with van der Waals surface area (Å²) in [7, 11) is 0. The van der Waals surface area contributed by atoms with Crippen LogP contribution in [0, 0.1) is 6.92 Å². The molecule has 3 nitrogen and oxygen atoms in total. The van der Waals surface area contributed by atoms with Gasteiger partial charge < -0.3 is 10.3 Å². The zero-order valence-corrected chi connectivity index (χ0v) is 8.40. The lowest BCUT2D eigenvalue weighted by Crippen LogP contribution is -2.16. The van der Waals surface area contributed by atoms with Gasteiger partial charge in [-0.2, -0.15) is 0 Å². The van der Waals surface area contributed by atoms with Crippen LogP contribution in [0.2, 0.25) is 0 Å². The van der Waals surface area contributed by atoms with Crippen molar-refractivity contribution in [3.8, 4) is 0 Å². The molecule has 0 saturated carbocycles. The molecule has 0 unspecified atom stereocenters. The second-order valence-corrected chi connectivity index (χ2v) is 3.06. The number of hydrogen-bond donors (Lipinski definition) is 2. The van der Waals surface area contributed by atoms with Gasteiger partial charge in [0.05, 0.1) is 0 Å². The molecule has 1 aromatic rings. The van der Waals surface area contributed by atoms with Gasteiger partial charge in [0.25, 0.3) is 5.56 Å². The van der Waals surface area contributed by atoms with Gasteiger partial charge in [0.15, 0.2) is 0 Å². The van der Waals surface area contributed by atoms with Gasteiger partial charge >= 0.3 is 0 Å². The Bertz CT molecular complexity index is 341. The molecule has 0 bridgehead atoms. The van der Waals surface area contributed by atoms with Crippen molar-refractivity contribution in [2.24, 2.45) is 0 Å². The van der Waals surface area contributed by atoms with E-state index in [-0.39, 0.29) is 5.56 Å². The zero-order valence-electron chi connectivity index (χ0n) is 8.40. The van der Waals surface area contributed by atoms with E-state index in [0.29, 0.717) is 0 Å². The fourth-order valence-corrected chi connectivity index (χ4v) is 1.42. The summed E-state index contributed by atoms with van der Waals surface area (Å²) in [4.78, 5) is 14.3. The standard InChI is InChI=1S/C10H16N2O/c1-4-8-9(11-5-2)6-7(3)12-10(8)13/h6H,4-5H2,1-3H3,(H2,11,12,13). The molecule has 0 saturated heterocycles. The summed E-state index contributed by atoms with van der Waals surface area (Å²) in [5.41, 5.74) is 2.73. The van der Waals surface area contributed by atoms with E-state index in [4.69, 9.17) is 0 Å². The van der Waals surface area contributed by atoms with Crippen LogP contribution < -0.4 is 10.9 Å². The second kappa shape index (κ2) is 4.12. The summed E-state index contributed by atoms with van der Waals surface area (Å²) in [5.74, 6) is 0. The molecule has 72 valence electrons.